The minimum Gasteiger partial charge on any atom is -0.493 e. The summed E-state index contributed by atoms with van der Waals surface area (Å²) in [4.78, 5) is 26.0. The van der Waals surface area contributed by atoms with Crippen LogP contribution in [0.5, 0.6) is 11.6 Å². The summed E-state index contributed by atoms with van der Waals surface area (Å²) in [5.41, 5.74) is 2.09. The lowest BCUT2D eigenvalue weighted by molar-refractivity contribution is 0.0976. The van der Waals surface area contributed by atoms with Gasteiger partial charge in [-0.1, -0.05) is 26.0 Å². The van der Waals surface area contributed by atoms with E-state index >= 15 is 0 Å². The molecule has 0 atom stereocenters. The molecule has 1 N–H and O–H groups in total. The van der Waals surface area contributed by atoms with Crippen molar-refractivity contribution in [2.24, 2.45) is 5.92 Å². The molecule has 0 spiro atoms. The Hall–Kier alpha value is -4.38. The van der Waals surface area contributed by atoms with Crippen LogP contribution in [0.1, 0.15) is 51.3 Å². The van der Waals surface area contributed by atoms with E-state index in [0.29, 0.717) is 35.7 Å². The van der Waals surface area contributed by atoms with Crippen molar-refractivity contribution >= 4 is 15.9 Å². The Morgan fingerprint density at radius 2 is 1.83 bits per heavy atom. The molecule has 224 valence electrons. The van der Waals surface area contributed by atoms with Crippen LogP contribution in [0.2, 0.25) is 0 Å². The smallest absolute Gasteiger partial charge is 0.281 e. The van der Waals surface area contributed by atoms with E-state index in [4.69, 9.17) is 9.47 Å². The topological polar surface area (TPSA) is 120 Å². The maximum atomic E-state index is 14.5. The highest BCUT2D eigenvalue weighted by Crippen LogP contribution is 2.28. The lowest BCUT2D eigenvalue weighted by atomic mass is 10.1. The number of rotatable bonds is 13. The Balaban J connectivity index is 0.00000337. The summed E-state index contributed by atoms with van der Waals surface area (Å²) in [7, 11) is -4.26. The number of nitrogens with zero attached hydrogens (tertiary/aromatic N) is 3. The van der Waals surface area contributed by atoms with E-state index in [9.17, 15) is 17.6 Å². The zero-order chi connectivity index (χ0) is 30.1. The van der Waals surface area contributed by atoms with E-state index in [0.717, 1.165) is 18.5 Å². The predicted molar refractivity (Wildman–Crippen MR) is 160 cm³/mol. The number of benzene rings is 1. The second kappa shape index (κ2) is 14.0. The Morgan fingerprint density at radius 1 is 1.00 bits per heavy atom. The quantitative estimate of drug-likeness (QED) is 0.186. The minimum atomic E-state index is -4.26. The fourth-order valence-electron chi connectivity index (χ4n) is 3.96. The van der Waals surface area contributed by atoms with Gasteiger partial charge in [-0.25, -0.2) is 19.1 Å². The van der Waals surface area contributed by atoms with Gasteiger partial charge in [0.2, 0.25) is 5.88 Å². The van der Waals surface area contributed by atoms with Crippen molar-refractivity contribution in [3.8, 4) is 22.9 Å². The Labute approximate surface area is 248 Å². The fourth-order valence-corrected chi connectivity index (χ4v) is 4.94. The van der Waals surface area contributed by atoms with Crippen molar-refractivity contribution in [1.29, 1.82) is 0 Å². The van der Waals surface area contributed by atoms with Crippen LogP contribution in [0.25, 0.3) is 11.3 Å². The fraction of sp³-hybridized carbons (Fsp3) is 0.290. The SMILES string of the molecule is Cc1cccc(S(=O)(=O)NC(=O)c2ccc(-c3cc(F)cc(OCC(C)C)c3)nc2OCCCCc2ccccn2)n1.[HH].[HH]. The molecular formula is C31H37FN4O5S. The highest BCUT2D eigenvalue weighted by Gasteiger charge is 2.24. The first-order valence-electron chi connectivity index (χ1n) is 13.6. The summed E-state index contributed by atoms with van der Waals surface area (Å²) >= 11 is 0. The molecule has 0 radical (unpaired) electrons. The first-order chi connectivity index (χ1) is 20.1. The third-order valence-corrected chi connectivity index (χ3v) is 7.24. The van der Waals surface area contributed by atoms with Crippen LogP contribution >= 0.6 is 0 Å². The molecule has 0 aliphatic carbocycles. The lowest BCUT2D eigenvalue weighted by Gasteiger charge is -2.14. The molecule has 0 saturated carbocycles. The highest BCUT2D eigenvalue weighted by atomic mass is 32.2. The number of carbonyl (C=O) groups excluding carboxylic acids is 1. The average molecular weight is 597 g/mol. The molecule has 9 nitrogen and oxygen atoms in total. The van der Waals surface area contributed by atoms with Crippen LogP contribution in [0.3, 0.4) is 0 Å². The van der Waals surface area contributed by atoms with E-state index in [1.165, 1.54) is 36.4 Å². The van der Waals surface area contributed by atoms with Gasteiger partial charge in [0, 0.05) is 32.1 Å². The Bertz CT molecular complexity index is 1640. The Kier molecular flexibility index (Phi) is 10.2. The molecular weight excluding hydrogens is 559 g/mol. The van der Waals surface area contributed by atoms with Crippen LogP contribution < -0.4 is 14.2 Å². The number of hydrogen-bond donors (Lipinski definition) is 1. The molecule has 0 unspecified atom stereocenters. The number of aromatic nitrogens is 3. The number of hydrogen-bond acceptors (Lipinski definition) is 8. The maximum absolute atomic E-state index is 14.5. The van der Waals surface area contributed by atoms with Gasteiger partial charge in [-0.2, -0.15) is 8.42 Å². The number of aryl methyl sites for hydroxylation is 2. The highest BCUT2D eigenvalue weighted by molar-refractivity contribution is 7.90. The number of nitrogens with one attached hydrogen (secondary N) is 1. The maximum Gasteiger partial charge on any atom is 0.281 e. The van der Waals surface area contributed by atoms with Gasteiger partial charge >= 0.3 is 0 Å². The van der Waals surface area contributed by atoms with Crippen LogP contribution in [0.4, 0.5) is 4.39 Å². The van der Waals surface area contributed by atoms with Crippen molar-refractivity contribution in [3.05, 3.63) is 95.7 Å². The monoisotopic (exact) mass is 596 g/mol. The summed E-state index contributed by atoms with van der Waals surface area (Å²) in [6.07, 6.45) is 3.88. The first kappa shape index (κ1) is 30.6. The summed E-state index contributed by atoms with van der Waals surface area (Å²) in [6.45, 7) is 6.24. The number of ether oxygens (including phenoxy) is 2. The number of amides is 1. The molecule has 4 aromatic rings. The van der Waals surface area contributed by atoms with Gasteiger partial charge in [0.1, 0.15) is 17.1 Å². The summed E-state index contributed by atoms with van der Waals surface area (Å²) < 4.78 is 53.9. The predicted octanol–water partition coefficient (Wildman–Crippen LogP) is 6.03. The van der Waals surface area contributed by atoms with Crippen molar-refractivity contribution in [3.63, 3.8) is 0 Å². The van der Waals surface area contributed by atoms with Crippen molar-refractivity contribution < 1.29 is 29.9 Å². The van der Waals surface area contributed by atoms with Crippen LogP contribution in [0, 0.1) is 18.7 Å². The van der Waals surface area contributed by atoms with E-state index < -0.39 is 21.7 Å². The zero-order valence-corrected chi connectivity index (χ0v) is 24.5. The minimum absolute atomic E-state index is 0. The molecule has 0 fully saturated rings. The normalized spacial score (nSPS) is 11.4. The van der Waals surface area contributed by atoms with Gasteiger partial charge in [-0.3, -0.25) is 9.78 Å². The van der Waals surface area contributed by atoms with Gasteiger partial charge < -0.3 is 9.47 Å². The number of carbonyl (C=O) groups is 1. The van der Waals surface area contributed by atoms with Crippen molar-refractivity contribution in [2.45, 2.75) is 45.1 Å². The van der Waals surface area contributed by atoms with Crippen LogP contribution in [0.15, 0.2) is 78.0 Å². The zero-order valence-electron chi connectivity index (χ0n) is 23.7. The van der Waals surface area contributed by atoms with Crippen LogP contribution in [-0.4, -0.2) is 42.5 Å². The van der Waals surface area contributed by atoms with Crippen LogP contribution in [-0.2, 0) is 16.4 Å². The van der Waals surface area contributed by atoms with Gasteiger partial charge in [0.25, 0.3) is 15.9 Å². The number of pyridine rings is 3. The lowest BCUT2D eigenvalue weighted by Crippen LogP contribution is -2.31. The van der Waals surface area contributed by atoms with Gasteiger partial charge in [0.15, 0.2) is 5.03 Å². The molecule has 0 aliphatic heterocycles. The van der Waals surface area contributed by atoms with E-state index in [-0.39, 0.29) is 31.8 Å². The molecule has 0 aliphatic rings. The third-order valence-electron chi connectivity index (χ3n) is 6.01. The molecule has 3 aromatic heterocycles. The molecule has 1 amide bonds. The molecule has 1 aromatic carbocycles. The molecule has 4 rings (SSSR count). The Morgan fingerprint density at radius 3 is 2.57 bits per heavy atom. The van der Waals surface area contributed by atoms with Crippen molar-refractivity contribution in [1.82, 2.24) is 19.7 Å². The summed E-state index contributed by atoms with van der Waals surface area (Å²) in [5.74, 6) is -0.929. The third kappa shape index (κ3) is 8.56. The number of halogens is 1. The number of sulfonamides is 1. The first-order valence-corrected chi connectivity index (χ1v) is 15.1. The molecule has 3 heterocycles. The van der Waals surface area contributed by atoms with Gasteiger partial charge in [0.05, 0.1) is 18.9 Å². The second-order valence-electron chi connectivity index (χ2n) is 10.1. The molecule has 42 heavy (non-hydrogen) atoms. The van der Waals surface area contributed by atoms with E-state index in [2.05, 4.69) is 15.0 Å². The largest absolute Gasteiger partial charge is 0.493 e. The van der Waals surface area contributed by atoms with Gasteiger partial charge in [-0.15, -0.1) is 0 Å². The van der Waals surface area contributed by atoms with Gasteiger partial charge in [-0.05, 0) is 80.6 Å². The number of unbranched alkanes of at least 4 members (excludes halogenated alkanes) is 1. The average Bonchev–Trinajstić information content (AvgIpc) is 2.96. The van der Waals surface area contributed by atoms with E-state index in [1.54, 1.807) is 25.3 Å². The molecule has 0 saturated heterocycles. The summed E-state index contributed by atoms with van der Waals surface area (Å²) in [6, 6.07) is 17.3. The standard InChI is InChI=1S/C31H33FN4O5S.2H2/c1-21(2)20-41-26-18-23(17-24(32)19-26)28-14-13-27(30(37)36-42(38,39)29-12-8-9-22(3)34-29)31(35-28)40-16-7-5-11-25-10-4-6-15-33-25;;/h4,6,8-10,12-15,17-19,21H,5,7,11,16,20H2,1-3H3,(H,36,37);2*1H. The second-order valence-corrected chi connectivity index (χ2v) is 11.7. The summed E-state index contributed by atoms with van der Waals surface area (Å²) in [5, 5.41) is -0.286. The van der Waals surface area contributed by atoms with E-state index in [1.807, 2.05) is 36.8 Å². The van der Waals surface area contributed by atoms with Crippen molar-refractivity contribution in [2.75, 3.05) is 13.2 Å². The molecule has 11 heteroatoms. The molecule has 0 bridgehead atoms.